The van der Waals surface area contributed by atoms with Crippen LogP contribution in [0.4, 0.5) is 0 Å². The molecule has 0 aliphatic heterocycles. The van der Waals surface area contributed by atoms with E-state index < -0.39 is 7.75 Å². The minimum absolute atomic E-state index is 0.400. The molecule has 0 fully saturated rings. The van der Waals surface area contributed by atoms with Crippen molar-refractivity contribution in [3.8, 4) is 0 Å². The lowest BCUT2D eigenvalue weighted by Crippen LogP contribution is -2.24. The van der Waals surface area contributed by atoms with Gasteiger partial charge in [-0.2, -0.15) is 0 Å². The van der Waals surface area contributed by atoms with Gasteiger partial charge in [0.15, 0.2) is 0 Å². The molecule has 0 saturated heterocycles. The molecule has 0 aliphatic carbocycles. The van der Waals surface area contributed by atoms with E-state index in [0.717, 1.165) is 44.9 Å². The molecule has 1 N–H and O–H groups in total. The van der Waals surface area contributed by atoms with Gasteiger partial charge in [0, 0.05) is 13.1 Å². The summed E-state index contributed by atoms with van der Waals surface area (Å²) in [5.41, 5.74) is 0. The van der Waals surface area contributed by atoms with Crippen LogP contribution in [0.2, 0.25) is 0 Å². The molecule has 0 aromatic heterocycles. The summed E-state index contributed by atoms with van der Waals surface area (Å²) in [6.07, 6.45) is 69.8. The van der Waals surface area contributed by atoms with Crippen LogP contribution in [-0.2, 0) is 9.09 Å². The van der Waals surface area contributed by atoms with E-state index in [-0.39, 0.29) is 0 Å². The monoisotopic (exact) mass is 896 g/mol. The molecule has 374 valence electrons. The van der Waals surface area contributed by atoms with E-state index in [1.807, 2.05) is 4.67 Å². The fourth-order valence-corrected chi connectivity index (χ4v) is 10.8. The van der Waals surface area contributed by atoms with Crippen molar-refractivity contribution in [3.63, 3.8) is 0 Å². The Balaban J connectivity index is 3.76. The van der Waals surface area contributed by atoms with E-state index in [1.54, 1.807) is 0 Å². The van der Waals surface area contributed by atoms with Crippen molar-refractivity contribution in [1.82, 2.24) is 4.67 Å². The van der Waals surface area contributed by atoms with Crippen LogP contribution >= 0.6 is 7.75 Å². The van der Waals surface area contributed by atoms with Crippen molar-refractivity contribution in [2.24, 2.45) is 0 Å². The van der Waals surface area contributed by atoms with E-state index in [1.165, 1.54) is 283 Å². The number of hydrogen-bond acceptors (Lipinski definition) is 2. The summed E-state index contributed by atoms with van der Waals surface area (Å²) in [5, 5.41) is 0. The molecule has 1 atom stereocenters. The molecule has 0 aromatic carbocycles. The first-order chi connectivity index (χ1) is 30.6. The van der Waals surface area contributed by atoms with Gasteiger partial charge in [0.05, 0.1) is 6.61 Å². The third kappa shape index (κ3) is 49.5. The molecule has 0 heterocycles. The van der Waals surface area contributed by atoms with E-state index >= 15 is 0 Å². The third-order valence-electron chi connectivity index (χ3n) is 13.9. The van der Waals surface area contributed by atoms with Gasteiger partial charge in [0.2, 0.25) is 0 Å². The van der Waals surface area contributed by atoms with Gasteiger partial charge in [-0.15, -0.1) is 0 Å². The van der Waals surface area contributed by atoms with Crippen molar-refractivity contribution < 1.29 is 14.0 Å². The molecule has 0 saturated carbocycles. The predicted molar refractivity (Wildman–Crippen MR) is 280 cm³/mol. The Kier molecular flexibility index (Phi) is 53.8. The van der Waals surface area contributed by atoms with Crippen molar-refractivity contribution in [1.29, 1.82) is 0 Å². The highest BCUT2D eigenvalue weighted by molar-refractivity contribution is 7.50. The Labute approximate surface area is 392 Å². The summed E-state index contributed by atoms with van der Waals surface area (Å²) in [6, 6.07) is 0. The molecule has 4 nitrogen and oxygen atoms in total. The SMILES string of the molecule is CCCCCCCCCCCCCCCCCCCCCCCCCCN(CCCCCCCCCCCCCCCCCCCCCCCCCC)P(=O)(O)OCCCCC. The van der Waals surface area contributed by atoms with Gasteiger partial charge in [-0.3, -0.25) is 4.52 Å². The highest BCUT2D eigenvalue weighted by Crippen LogP contribution is 2.47. The second-order valence-electron chi connectivity index (χ2n) is 20.2. The molecule has 0 radical (unpaired) electrons. The van der Waals surface area contributed by atoms with Gasteiger partial charge in [-0.1, -0.05) is 329 Å². The summed E-state index contributed by atoms with van der Waals surface area (Å²) in [7, 11) is -3.71. The molecule has 0 spiro atoms. The lowest BCUT2D eigenvalue weighted by atomic mass is 10.0. The predicted octanol–water partition coefficient (Wildman–Crippen LogP) is 21.4. The van der Waals surface area contributed by atoms with Crippen molar-refractivity contribution in [3.05, 3.63) is 0 Å². The standard InChI is InChI=1S/C57H118NO3P/c1-4-7-10-12-14-16-18-20-22-24-26-28-30-32-34-36-38-40-42-44-46-48-50-52-55-58(62(59,60)61-57-54-9-6-3)56-53-51-49-47-45-43-41-39-37-35-33-31-29-27-25-23-21-19-17-15-13-11-8-5-2/h4-57H2,1-3H3,(H,59,60). The van der Waals surface area contributed by atoms with E-state index in [2.05, 4.69) is 20.8 Å². The van der Waals surface area contributed by atoms with Crippen LogP contribution in [-0.4, -0.2) is 29.3 Å². The topological polar surface area (TPSA) is 49.8 Å². The van der Waals surface area contributed by atoms with Gasteiger partial charge in [-0.05, 0) is 19.3 Å². The maximum Gasteiger partial charge on any atom is 0.405 e. The Morgan fingerprint density at radius 3 is 0.629 bits per heavy atom. The lowest BCUT2D eigenvalue weighted by molar-refractivity contribution is 0.194. The average molecular weight is 897 g/mol. The second-order valence-corrected chi connectivity index (χ2v) is 22.1. The van der Waals surface area contributed by atoms with Gasteiger partial charge >= 0.3 is 7.75 Å². The quantitative estimate of drug-likeness (QED) is 0.0488. The van der Waals surface area contributed by atoms with Crippen LogP contribution in [0.3, 0.4) is 0 Å². The molecule has 0 rings (SSSR count). The summed E-state index contributed by atoms with van der Waals surface area (Å²) < 4.78 is 20.7. The van der Waals surface area contributed by atoms with E-state index in [9.17, 15) is 9.46 Å². The van der Waals surface area contributed by atoms with Crippen molar-refractivity contribution in [2.75, 3.05) is 19.7 Å². The third-order valence-corrected chi connectivity index (χ3v) is 15.5. The Hall–Kier alpha value is 0.110. The zero-order valence-corrected chi connectivity index (χ0v) is 44.2. The number of nitrogens with zero attached hydrogens (tertiary/aromatic N) is 1. The van der Waals surface area contributed by atoms with Gasteiger partial charge < -0.3 is 4.89 Å². The highest BCUT2D eigenvalue weighted by atomic mass is 31.2. The molecular weight excluding hydrogens is 778 g/mol. The molecule has 5 heteroatoms. The number of rotatable bonds is 56. The molecule has 0 amide bonds. The first-order valence-electron chi connectivity index (χ1n) is 29.3. The van der Waals surface area contributed by atoms with Crippen LogP contribution in [0.25, 0.3) is 0 Å². The summed E-state index contributed by atoms with van der Waals surface area (Å²) >= 11 is 0. The lowest BCUT2D eigenvalue weighted by Gasteiger charge is -2.26. The van der Waals surface area contributed by atoms with Crippen LogP contribution in [0.1, 0.15) is 348 Å². The second kappa shape index (κ2) is 53.7. The average Bonchev–Trinajstić information content (AvgIpc) is 3.27. The zero-order valence-electron chi connectivity index (χ0n) is 43.3. The summed E-state index contributed by atoms with van der Waals surface area (Å²) in [6.45, 7) is 8.56. The van der Waals surface area contributed by atoms with Crippen LogP contribution in [0.5, 0.6) is 0 Å². The smallest absolute Gasteiger partial charge is 0.312 e. The molecule has 0 bridgehead atoms. The maximum atomic E-state index is 13.3. The van der Waals surface area contributed by atoms with Gasteiger partial charge in [-0.25, -0.2) is 9.24 Å². The Morgan fingerprint density at radius 2 is 0.435 bits per heavy atom. The summed E-state index contributed by atoms with van der Waals surface area (Å²) in [5.74, 6) is 0. The fourth-order valence-electron chi connectivity index (χ4n) is 9.49. The Morgan fingerprint density at radius 1 is 0.274 bits per heavy atom. The van der Waals surface area contributed by atoms with E-state index in [4.69, 9.17) is 4.52 Å². The fraction of sp³-hybridized carbons (Fsp3) is 1.00. The minimum Gasteiger partial charge on any atom is -0.312 e. The largest absolute Gasteiger partial charge is 0.405 e. The maximum absolute atomic E-state index is 13.3. The van der Waals surface area contributed by atoms with Crippen LogP contribution in [0.15, 0.2) is 0 Å². The molecular formula is C57H118NO3P. The van der Waals surface area contributed by atoms with Gasteiger partial charge in [0.25, 0.3) is 0 Å². The van der Waals surface area contributed by atoms with Crippen molar-refractivity contribution >= 4 is 7.75 Å². The molecule has 1 unspecified atom stereocenters. The zero-order chi connectivity index (χ0) is 45.0. The molecule has 62 heavy (non-hydrogen) atoms. The van der Waals surface area contributed by atoms with Crippen LogP contribution < -0.4 is 0 Å². The summed E-state index contributed by atoms with van der Waals surface area (Å²) in [4.78, 5) is 10.9. The normalized spacial score (nSPS) is 12.9. The first-order valence-corrected chi connectivity index (χ1v) is 30.8. The minimum atomic E-state index is -3.71. The van der Waals surface area contributed by atoms with E-state index in [0.29, 0.717) is 19.7 Å². The van der Waals surface area contributed by atoms with Crippen molar-refractivity contribution in [2.45, 2.75) is 348 Å². The molecule has 0 aliphatic rings. The first kappa shape index (κ1) is 62.1. The number of unbranched alkanes of at least 4 members (excludes halogenated alkanes) is 48. The van der Waals surface area contributed by atoms with Gasteiger partial charge in [0.1, 0.15) is 0 Å². The Bertz CT molecular complexity index is 802. The molecule has 0 aromatic rings. The highest BCUT2D eigenvalue weighted by Gasteiger charge is 2.28. The number of hydrogen-bond donors (Lipinski definition) is 1. The van der Waals surface area contributed by atoms with Crippen LogP contribution in [0, 0.1) is 0 Å².